The van der Waals surface area contributed by atoms with Gasteiger partial charge in [0.1, 0.15) is 5.82 Å². The summed E-state index contributed by atoms with van der Waals surface area (Å²) in [6, 6.07) is 14.4. The fourth-order valence-electron chi connectivity index (χ4n) is 3.16. The summed E-state index contributed by atoms with van der Waals surface area (Å²) in [6.45, 7) is 1.27. The van der Waals surface area contributed by atoms with Gasteiger partial charge in [0.25, 0.3) is 5.91 Å². The van der Waals surface area contributed by atoms with Gasteiger partial charge >= 0.3 is 0 Å². The van der Waals surface area contributed by atoms with Gasteiger partial charge in [0.15, 0.2) is 0 Å². The van der Waals surface area contributed by atoms with Gasteiger partial charge in [-0.25, -0.2) is 4.39 Å². The van der Waals surface area contributed by atoms with Crippen LogP contribution < -0.4 is 5.32 Å². The molecule has 2 heterocycles. The van der Waals surface area contributed by atoms with Gasteiger partial charge < -0.3 is 10.1 Å². The van der Waals surface area contributed by atoms with E-state index >= 15 is 0 Å². The van der Waals surface area contributed by atoms with Crippen molar-refractivity contribution in [2.75, 3.05) is 12.4 Å². The predicted molar refractivity (Wildman–Crippen MR) is 109 cm³/mol. The van der Waals surface area contributed by atoms with E-state index in [1.165, 1.54) is 12.1 Å². The molecule has 1 N–H and O–H groups in total. The van der Waals surface area contributed by atoms with Gasteiger partial charge in [-0.1, -0.05) is 12.1 Å². The second kappa shape index (κ2) is 8.42. The summed E-state index contributed by atoms with van der Waals surface area (Å²) in [5.41, 5.74) is 0.688. The van der Waals surface area contributed by atoms with Crippen molar-refractivity contribution >= 4 is 39.1 Å². The third kappa shape index (κ3) is 4.51. The number of hydrogen-bond donors (Lipinski definition) is 1. The van der Waals surface area contributed by atoms with Crippen molar-refractivity contribution in [3.05, 3.63) is 64.8 Å². The fraction of sp³-hybridized carbons (Fsp3) is 0.286. The molecule has 3 nitrogen and oxygen atoms in total. The first-order chi connectivity index (χ1) is 13.2. The van der Waals surface area contributed by atoms with Crippen LogP contribution in [0.25, 0.3) is 10.1 Å². The van der Waals surface area contributed by atoms with Crippen LogP contribution in [0.15, 0.2) is 53.4 Å². The summed E-state index contributed by atoms with van der Waals surface area (Å²) >= 11 is 3.25. The largest absolute Gasteiger partial charge is 0.377 e. The Morgan fingerprint density at radius 2 is 2.15 bits per heavy atom. The average Bonchev–Trinajstić information content (AvgIpc) is 3.33. The molecule has 1 aliphatic heterocycles. The molecule has 0 bridgehead atoms. The molecular formula is C21H20FNO2S2. The number of amides is 1. The van der Waals surface area contributed by atoms with E-state index in [-0.39, 0.29) is 17.8 Å². The molecule has 0 radical (unpaired) electrons. The number of rotatable bonds is 6. The number of ether oxygens (including phenoxy) is 1. The second-order valence-corrected chi connectivity index (χ2v) is 8.75. The SMILES string of the molecule is O=C(NCc1cc2cc(F)ccc2s1)c1ccccc1SC[C@H]1CCCO1. The third-order valence-electron chi connectivity index (χ3n) is 4.53. The third-order valence-corrected chi connectivity index (χ3v) is 6.85. The number of halogens is 1. The summed E-state index contributed by atoms with van der Waals surface area (Å²) in [6.07, 6.45) is 2.49. The standard InChI is InChI=1S/C21H20FNO2S2/c22-15-7-8-19-14(10-15)11-17(27-19)12-23-21(24)18-5-1-2-6-20(18)26-13-16-4-3-9-25-16/h1-2,5-8,10-11,16H,3-4,9,12-13H2,(H,23,24)/t16-/m1/s1. The normalized spacial score (nSPS) is 16.7. The molecule has 140 valence electrons. The number of carbonyl (C=O) groups is 1. The minimum absolute atomic E-state index is 0.0888. The maximum Gasteiger partial charge on any atom is 0.252 e. The van der Waals surface area contributed by atoms with Crippen molar-refractivity contribution in [1.82, 2.24) is 5.32 Å². The first kappa shape index (κ1) is 18.5. The first-order valence-corrected chi connectivity index (χ1v) is 10.8. The van der Waals surface area contributed by atoms with E-state index in [1.807, 2.05) is 30.3 Å². The molecule has 1 aliphatic rings. The van der Waals surface area contributed by atoms with Crippen LogP contribution >= 0.6 is 23.1 Å². The molecule has 1 saturated heterocycles. The molecular weight excluding hydrogens is 381 g/mol. The number of hydrogen-bond acceptors (Lipinski definition) is 4. The Kier molecular flexibility index (Phi) is 5.76. The van der Waals surface area contributed by atoms with E-state index in [1.54, 1.807) is 29.2 Å². The zero-order valence-electron chi connectivity index (χ0n) is 14.7. The van der Waals surface area contributed by atoms with E-state index in [9.17, 15) is 9.18 Å². The number of nitrogens with one attached hydrogen (secondary N) is 1. The lowest BCUT2D eigenvalue weighted by atomic mass is 10.2. The van der Waals surface area contributed by atoms with Crippen LogP contribution in [0, 0.1) is 5.82 Å². The van der Waals surface area contributed by atoms with Crippen LogP contribution in [-0.4, -0.2) is 24.4 Å². The van der Waals surface area contributed by atoms with Gasteiger partial charge in [0, 0.05) is 26.8 Å². The van der Waals surface area contributed by atoms with Crippen LogP contribution in [0.4, 0.5) is 4.39 Å². The number of carbonyl (C=O) groups excluding carboxylic acids is 1. The lowest BCUT2D eigenvalue weighted by molar-refractivity contribution is 0.0948. The molecule has 0 saturated carbocycles. The minimum atomic E-state index is -0.243. The van der Waals surface area contributed by atoms with Gasteiger partial charge in [-0.2, -0.15) is 0 Å². The van der Waals surface area contributed by atoms with Crippen LogP contribution in [0.5, 0.6) is 0 Å². The molecule has 1 amide bonds. The Morgan fingerprint density at radius 3 is 3.00 bits per heavy atom. The molecule has 1 aromatic heterocycles. The summed E-state index contributed by atoms with van der Waals surface area (Å²) in [5.74, 6) is 0.536. The molecule has 1 atom stereocenters. The Hall–Kier alpha value is -1.89. The van der Waals surface area contributed by atoms with Crippen molar-refractivity contribution in [2.24, 2.45) is 0 Å². The van der Waals surface area contributed by atoms with E-state index < -0.39 is 0 Å². The Bertz CT molecular complexity index is 950. The highest BCUT2D eigenvalue weighted by Crippen LogP contribution is 2.28. The lowest BCUT2D eigenvalue weighted by Gasteiger charge is -2.12. The molecule has 2 aromatic carbocycles. The van der Waals surface area contributed by atoms with Crippen molar-refractivity contribution in [3.8, 4) is 0 Å². The van der Waals surface area contributed by atoms with Crippen molar-refractivity contribution in [2.45, 2.75) is 30.4 Å². The Morgan fingerprint density at radius 1 is 1.26 bits per heavy atom. The molecule has 3 aromatic rings. The van der Waals surface area contributed by atoms with Gasteiger partial charge in [-0.05, 0) is 54.6 Å². The van der Waals surface area contributed by atoms with Gasteiger partial charge in [0.2, 0.25) is 0 Å². The van der Waals surface area contributed by atoms with Crippen molar-refractivity contribution in [1.29, 1.82) is 0 Å². The Balaban J connectivity index is 1.41. The van der Waals surface area contributed by atoms with Crippen LogP contribution in [-0.2, 0) is 11.3 Å². The number of benzene rings is 2. The molecule has 0 spiro atoms. The van der Waals surface area contributed by atoms with Gasteiger partial charge in [0.05, 0.1) is 18.2 Å². The number of fused-ring (bicyclic) bond motifs is 1. The van der Waals surface area contributed by atoms with E-state index in [0.717, 1.165) is 45.1 Å². The predicted octanol–water partition coefficient (Wildman–Crippen LogP) is 5.24. The number of thiophene rings is 1. The zero-order valence-corrected chi connectivity index (χ0v) is 16.4. The zero-order chi connectivity index (χ0) is 18.6. The lowest BCUT2D eigenvalue weighted by Crippen LogP contribution is -2.23. The van der Waals surface area contributed by atoms with Crippen molar-refractivity contribution in [3.63, 3.8) is 0 Å². The van der Waals surface area contributed by atoms with E-state index in [0.29, 0.717) is 12.1 Å². The van der Waals surface area contributed by atoms with Crippen LogP contribution in [0.3, 0.4) is 0 Å². The highest BCUT2D eigenvalue weighted by Gasteiger charge is 2.18. The van der Waals surface area contributed by atoms with Crippen LogP contribution in [0.2, 0.25) is 0 Å². The summed E-state index contributed by atoms with van der Waals surface area (Å²) in [4.78, 5) is 14.7. The Labute approximate surface area is 165 Å². The van der Waals surface area contributed by atoms with Gasteiger partial charge in [-0.15, -0.1) is 23.1 Å². The minimum Gasteiger partial charge on any atom is -0.377 e. The molecule has 4 rings (SSSR count). The van der Waals surface area contributed by atoms with E-state index in [4.69, 9.17) is 4.74 Å². The van der Waals surface area contributed by atoms with Gasteiger partial charge in [-0.3, -0.25) is 4.79 Å². The average molecular weight is 402 g/mol. The summed E-state index contributed by atoms with van der Waals surface area (Å²) < 4.78 is 20.0. The van der Waals surface area contributed by atoms with Crippen molar-refractivity contribution < 1.29 is 13.9 Å². The first-order valence-electron chi connectivity index (χ1n) is 8.98. The molecule has 27 heavy (non-hydrogen) atoms. The maximum atomic E-state index is 13.3. The fourth-order valence-corrected chi connectivity index (χ4v) is 5.26. The molecule has 6 heteroatoms. The topological polar surface area (TPSA) is 38.3 Å². The second-order valence-electron chi connectivity index (χ2n) is 6.52. The van der Waals surface area contributed by atoms with Crippen LogP contribution in [0.1, 0.15) is 28.1 Å². The molecule has 1 fully saturated rings. The highest BCUT2D eigenvalue weighted by molar-refractivity contribution is 7.99. The molecule has 0 aliphatic carbocycles. The summed E-state index contributed by atoms with van der Waals surface area (Å²) in [7, 11) is 0. The summed E-state index contributed by atoms with van der Waals surface area (Å²) in [5, 5.41) is 3.86. The maximum absolute atomic E-state index is 13.3. The quantitative estimate of drug-likeness (QED) is 0.574. The monoisotopic (exact) mass is 401 g/mol. The number of thioether (sulfide) groups is 1. The smallest absolute Gasteiger partial charge is 0.252 e. The van der Waals surface area contributed by atoms with E-state index in [2.05, 4.69) is 5.32 Å². The molecule has 0 unspecified atom stereocenters. The highest BCUT2D eigenvalue weighted by atomic mass is 32.2.